The number of fused-ring (bicyclic) bond motifs is 1. The highest BCUT2D eigenvalue weighted by Gasteiger charge is 2.47. The molecule has 0 aromatic rings. The number of hydrogen-bond donors (Lipinski definition) is 4. The van der Waals surface area contributed by atoms with Gasteiger partial charge in [-0.15, -0.1) is 0 Å². The number of rotatable bonds is 1. The summed E-state index contributed by atoms with van der Waals surface area (Å²) in [5.74, 6) is 0. The van der Waals surface area contributed by atoms with Crippen molar-refractivity contribution in [3.8, 4) is 0 Å². The third-order valence-electron chi connectivity index (χ3n) is 2.36. The summed E-state index contributed by atoms with van der Waals surface area (Å²) < 4.78 is 5.32. The molecule has 2 rings (SSSR count). The van der Waals surface area contributed by atoms with Crippen molar-refractivity contribution >= 4 is 16.9 Å². The molecule has 0 aliphatic carbocycles. The topological polar surface area (TPSA) is 108 Å². The van der Waals surface area contributed by atoms with Crippen LogP contribution in [0, 0.1) is 0 Å². The van der Waals surface area contributed by atoms with Gasteiger partial charge in [-0.1, -0.05) is 11.8 Å². The van der Waals surface area contributed by atoms with Gasteiger partial charge < -0.3 is 25.8 Å². The van der Waals surface area contributed by atoms with Crippen molar-refractivity contribution in [1.29, 1.82) is 0 Å². The molecule has 0 amide bonds. The first-order valence-electron chi connectivity index (χ1n) is 4.26. The van der Waals surface area contributed by atoms with E-state index in [1.54, 1.807) is 0 Å². The molecule has 6 nitrogen and oxygen atoms in total. The molecule has 0 unspecified atom stereocenters. The van der Waals surface area contributed by atoms with Gasteiger partial charge in [0.15, 0.2) is 5.17 Å². The lowest BCUT2D eigenvalue weighted by atomic mass is 9.99. The highest BCUT2D eigenvalue weighted by Crippen LogP contribution is 2.34. The number of amidine groups is 1. The molecule has 14 heavy (non-hydrogen) atoms. The second kappa shape index (κ2) is 3.67. The molecule has 1 saturated heterocycles. The first kappa shape index (κ1) is 10.2. The molecule has 2 aliphatic heterocycles. The van der Waals surface area contributed by atoms with Gasteiger partial charge in [-0.2, -0.15) is 0 Å². The molecule has 0 aromatic heterocycles. The summed E-state index contributed by atoms with van der Waals surface area (Å²) in [7, 11) is 0. The first-order valence-corrected chi connectivity index (χ1v) is 5.14. The Labute approximate surface area is 84.8 Å². The summed E-state index contributed by atoms with van der Waals surface area (Å²) >= 11 is 1.20. The van der Waals surface area contributed by atoms with Crippen LogP contribution in [0.15, 0.2) is 4.99 Å². The minimum absolute atomic E-state index is 0.331. The molecular weight excluding hydrogens is 208 g/mol. The van der Waals surface area contributed by atoms with Crippen LogP contribution in [-0.2, 0) is 4.74 Å². The van der Waals surface area contributed by atoms with Gasteiger partial charge in [0.2, 0.25) is 0 Å². The lowest BCUT2D eigenvalue weighted by Gasteiger charge is -2.37. The van der Waals surface area contributed by atoms with Crippen LogP contribution in [0.2, 0.25) is 0 Å². The van der Waals surface area contributed by atoms with Crippen molar-refractivity contribution in [2.75, 3.05) is 6.61 Å². The van der Waals surface area contributed by atoms with Crippen molar-refractivity contribution in [1.82, 2.24) is 0 Å². The summed E-state index contributed by atoms with van der Waals surface area (Å²) in [5.41, 5.74) is 5.07. The molecule has 0 radical (unpaired) electrons. The summed E-state index contributed by atoms with van der Waals surface area (Å²) in [4.78, 5) is 3.95. The molecular formula is C7H12N2O4S. The molecule has 0 aromatic carbocycles. The Bertz CT molecular complexity index is 262. The highest BCUT2D eigenvalue weighted by molar-refractivity contribution is 8.14. The van der Waals surface area contributed by atoms with Crippen LogP contribution >= 0.6 is 11.8 Å². The van der Waals surface area contributed by atoms with Gasteiger partial charge in [-0.05, 0) is 0 Å². The van der Waals surface area contributed by atoms with Crippen LogP contribution in [0.25, 0.3) is 0 Å². The van der Waals surface area contributed by atoms with Crippen LogP contribution in [0.4, 0.5) is 0 Å². The van der Waals surface area contributed by atoms with Gasteiger partial charge in [0.25, 0.3) is 0 Å². The predicted octanol–water partition coefficient (Wildman–Crippen LogP) is -2.14. The van der Waals surface area contributed by atoms with E-state index < -0.39 is 29.8 Å². The maximum Gasteiger partial charge on any atom is 0.157 e. The summed E-state index contributed by atoms with van der Waals surface area (Å²) in [6.07, 6.45) is -2.91. The van der Waals surface area contributed by atoms with E-state index in [2.05, 4.69) is 4.99 Å². The Kier molecular flexibility index (Phi) is 2.67. The van der Waals surface area contributed by atoms with Gasteiger partial charge in [-0.25, -0.2) is 0 Å². The zero-order valence-electron chi connectivity index (χ0n) is 7.28. The fraction of sp³-hybridized carbons (Fsp3) is 0.857. The quantitative estimate of drug-likeness (QED) is 0.401. The zero-order valence-corrected chi connectivity index (χ0v) is 8.09. The van der Waals surface area contributed by atoms with Gasteiger partial charge in [0.05, 0.1) is 6.61 Å². The third-order valence-corrected chi connectivity index (χ3v) is 3.33. The standard InChI is InChI=1S/C7H12N2O4S/c8-7-9-3-5(12)4(11)2(1-10)13-6(3)14-7/h2-6,10-12H,1H2,(H2,8,9)/t2-,3-,4-,5-,6-/m1/s1. The summed E-state index contributed by atoms with van der Waals surface area (Å²) in [6, 6.07) is -0.530. The lowest BCUT2D eigenvalue weighted by Crippen LogP contribution is -2.55. The van der Waals surface area contributed by atoms with Gasteiger partial charge in [0.1, 0.15) is 29.8 Å². The number of thioether (sulfide) groups is 1. The summed E-state index contributed by atoms with van der Waals surface area (Å²) in [6.45, 7) is -0.331. The van der Waals surface area contributed by atoms with Crippen LogP contribution in [0.3, 0.4) is 0 Å². The molecule has 0 saturated carbocycles. The van der Waals surface area contributed by atoms with E-state index in [0.717, 1.165) is 0 Å². The number of nitrogens with two attached hydrogens (primary N) is 1. The zero-order chi connectivity index (χ0) is 10.3. The maximum atomic E-state index is 9.65. The van der Waals surface area contributed by atoms with E-state index in [9.17, 15) is 10.2 Å². The number of aliphatic imine (C=N–C) groups is 1. The van der Waals surface area contributed by atoms with Crippen molar-refractivity contribution < 1.29 is 20.1 Å². The molecule has 2 heterocycles. The monoisotopic (exact) mass is 220 g/mol. The number of nitrogens with zero attached hydrogens (tertiary/aromatic N) is 1. The van der Waals surface area contributed by atoms with Crippen molar-refractivity contribution in [2.45, 2.75) is 29.8 Å². The maximum absolute atomic E-state index is 9.65. The molecule has 0 spiro atoms. The van der Waals surface area contributed by atoms with E-state index >= 15 is 0 Å². The number of hydrogen-bond acceptors (Lipinski definition) is 7. The largest absolute Gasteiger partial charge is 0.394 e. The average molecular weight is 220 g/mol. The van der Waals surface area contributed by atoms with E-state index in [1.165, 1.54) is 11.8 Å². The molecule has 5 N–H and O–H groups in total. The molecule has 80 valence electrons. The molecule has 0 bridgehead atoms. The molecule has 1 fully saturated rings. The van der Waals surface area contributed by atoms with E-state index in [1.807, 2.05) is 0 Å². The molecule has 7 heteroatoms. The van der Waals surface area contributed by atoms with Crippen molar-refractivity contribution in [2.24, 2.45) is 10.7 Å². The Morgan fingerprint density at radius 3 is 2.79 bits per heavy atom. The Morgan fingerprint density at radius 1 is 1.43 bits per heavy atom. The normalized spacial score (nSPS) is 47.4. The Hall–Kier alpha value is -0.340. The SMILES string of the molecule is NC1=N[C@@H]2[C@@H](O)[C@H](O)[C@@H](CO)O[C@@H]2S1. The Morgan fingerprint density at radius 2 is 2.14 bits per heavy atom. The molecule has 2 aliphatic rings. The van der Waals surface area contributed by atoms with Crippen LogP contribution in [0.5, 0.6) is 0 Å². The minimum Gasteiger partial charge on any atom is -0.394 e. The Balaban J connectivity index is 2.14. The first-order chi connectivity index (χ1) is 6.63. The predicted molar refractivity (Wildman–Crippen MR) is 50.8 cm³/mol. The van der Waals surface area contributed by atoms with Crippen molar-refractivity contribution in [3.63, 3.8) is 0 Å². The highest BCUT2D eigenvalue weighted by atomic mass is 32.2. The fourth-order valence-electron chi connectivity index (χ4n) is 1.60. The lowest BCUT2D eigenvalue weighted by molar-refractivity contribution is -0.164. The van der Waals surface area contributed by atoms with Gasteiger partial charge in [0, 0.05) is 0 Å². The van der Waals surface area contributed by atoms with E-state index in [4.69, 9.17) is 15.6 Å². The van der Waals surface area contributed by atoms with E-state index in [-0.39, 0.29) is 6.61 Å². The van der Waals surface area contributed by atoms with Crippen LogP contribution in [0.1, 0.15) is 0 Å². The summed E-state index contributed by atoms with van der Waals surface area (Å²) in [5, 5.41) is 28.4. The minimum atomic E-state index is -1.11. The van der Waals surface area contributed by atoms with Crippen LogP contribution in [-0.4, -0.2) is 56.9 Å². The third kappa shape index (κ3) is 1.51. The van der Waals surface area contributed by atoms with Crippen molar-refractivity contribution in [3.05, 3.63) is 0 Å². The van der Waals surface area contributed by atoms with E-state index in [0.29, 0.717) is 5.17 Å². The molecule has 5 atom stereocenters. The second-order valence-corrected chi connectivity index (χ2v) is 4.40. The average Bonchev–Trinajstić information content (AvgIpc) is 2.52. The second-order valence-electron chi connectivity index (χ2n) is 3.28. The fourth-order valence-corrected chi connectivity index (χ4v) is 2.58. The van der Waals surface area contributed by atoms with Gasteiger partial charge >= 0.3 is 0 Å². The smallest absolute Gasteiger partial charge is 0.157 e. The number of aliphatic hydroxyl groups excluding tert-OH is 3. The number of ether oxygens (including phenoxy) is 1. The number of aliphatic hydroxyl groups is 3. The van der Waals surface area contributed by atoms with Gasteiger partial charge in [-0.3, -0.25) is 4.99 Å². The van der Waals surface area contributed by atoms with Crippen LogP contribution < -0.4 is 5.73 Å².